The molecule has 3 rings (SSSR count). The number of anilines is 2. The maximum absolute atomic E-state index is 12.2. The first-order valence-corrected chi connectivity index (χ1v) is 8.58. The Morgan fingerprint density at radius 3 is 2.29 bits per heavy atom. The Kier molecular flexibility index (Phi) is 5.86. The zero-order valence-electron chi connectivity index (χ0n) is 15.5. The topological polar surface area (TPSA) is 86.9 Å². The summed E-state index contributed by atoms with van der Waals surface area (Å²) < 4.78 is 5.03. The number of hydrogen-bond acceptors (Lipinski definition) is 5. The summed E-state index contributed by atoms with van der Waals surface area (Å²) in [7, 11) is 3.94. The van der Waals surface area contributed by atoms with E-state index in [1.807, 2.05) is 43.3 Å². The molecule has 2 aromatic carbocycles. The summed E-state index contributed by atoms with van der Waals surface area (Å²) in [5.74, 6) is -0.480. The maximum Gasteiger partial charge on any atom is 0.291 e. The van der Waals surface area contributed by atoms with Gasteiger partial charge in [0.15, 0.2) is 5.76 Å². The number of benzene rings is 2. The van der Waals surface area contributed by atoms with E-state index in [0.717, 1.165) is 11.3 Å². The predicted octanol–water partition coefficient (Wildman–Crippen LogP) is 3.36. The third-order valence-electron chi connectivity index (χ3n) is 3.94. The van der Waals surface area contributed by atoms with Crippen LogP contribution in [-0.4, -0.2) is 32.1 Å². The van der Waals surface area contributed by atoms with Gasteiger partial charge in [-0.25, -0.2) is 5.43 Å². The summed E-state index contributed by atoms with van der Waals surface area (Å²) in [6.45, 7) is 0. The third-order valence-corrected chi connectivity index (χ3v) is 3.94. The van der Waals surface area contributed by atoms with E-state index in [1.165, 1.54) is 6.26 Å². The van der Waals surface area contributed by atoms with Gasteiger partial charge >= 0.3 is 0 Å². The minimum Gasteiger partial charge on any atom is -0.459 e. The predicted molar refractivity (Wildman–Crippen MR) is 109 cm³/mol. The summed E-state index contributed by atoms with van der Waals surface area (Å²) in [6, 6.07) is 17.5. The van der Waals surface area contributed by atoms with Crippen LogP contribution in [0, 0.1) is 0 Å². The van der Waals surface area contributed by atoms with Gasteiger partial charge in [-0.1, -0.05) is 12.1 Å². The highest BCUT2D eigenvalue weighted by Gasteiger charge is 2.09. The molecule has 0 fully saturated rings. The van der Waals surface area contributed by atoms with Gasteiger partial charge in [0.25, 0.3) is 11.8 Å². The Morgan fingerprint density at radius 1 is 0.964 bits per heavy atom. The zero-order valence-corrected chi connectivity index (χ0v) is 15.5. The van der Waals surface area contributed by atoms with Crippen LogP contribution in [0.2, 0.25) is 0 Å². The number of carbonyl (C=O) groups excluding carboxylic acids is 2. The van der Waals surface area contributed by atoms with Crippen molar-refractivity contribution in [1.29, 1.82) is 0 Å². The smallest absolute Gasteiger partial charge is 0.291 e. The van der Waals surface area contributed by atoms with Gasteiger partial charge < -0.3 is 14.6 Å². The number of nitrogens with zero attached hydrogens (tertiary/aromatic N) is 2. The second-order valence-corrected chi connectivity index (χ2v) is 6.19. The highest BCUT2D eigenvalue weighted by molar-refractivity contribution is 6.02. The van der Waals surface area contributed by atoms with E-state index < -0.39 is 0 Å². The average Bonchev–Trinajstić information content (AvgIpc) is 3.24. The maximum atomic E-state index is 12.2. The minimum absolute atomic E-state index is 0.217. The van der Waals surface area contributed by atoms with E-state index in [-0.39, 0.29) is 17.6 Å². The number of hydrogen-bond donors (Lipinski definition) is 2. The van der Waals surface area contributed by atoms with E-state index in [4.69, 9.17) is 4.42 Å². The number of carbonyl (C=O) groups is 2. The second-order valence-electron chi connectivity index (χ2n) is 6.19. The van der Waals surface area contributed by atoms with E-state index in [9.17, 15) is 9.59 Å². The van der Waals surface area contributed by atoms with Crippen molar-refractivity contribution >= 4 is 29.4 Å². The third kappa shape index (κ3) is 4.85. The fourth-order valence-corrected chi connectivity index (χ4v) is 2.39. The van der Waals surface area contributed by atoms with Crippen molar-refractivity contribution in [2.45, 2.75) is 0 Å². The summed E-state index contributed by atoms with van der Waals surface area (Å²) in [5, 5.41) is 6.67. The van der Waals surface area contributed by atoms with Gasteiger partial charge in [-0.3, -0.25) is 9.59 Å². The lowest BCUT2D eigenvalue weighted by atomic mass is 10.2. The highest BCUT2D eigenvalue weighted by atomic mass is 16.3. The molecular weight excluding hydrogens is 356 g/mol. The van der Waals surface area contributed by atoms with Crippen LogP contribution in [0.5, 0.6) is 0 Å². The lowest BCUT2D eigenvalue weighted by Crippen LogP contribution is -2.17. The molecule has 0 saturated carbocycles. The lowest BCUT2D eigenvalue weighted by Gasteiger charge is -2.11. The van der Waals surface area contributed by atoms with Crippen LogP contribution in [0.1, 0.15) is 26.5 Å². The van der Waals surface area contributed by atoms with Gasteiger partial charge in [0, 0.05) is 31.0 Å². The van der Waals surface area contributed by atoms with Crippen molar-refractivity contribution in [3.63, 3.8) is 0 Å². The number of hydrazone groups is 1. The Balaban J connectivity index is 1.55. The molecule has 3 aromatic rings. The van der Waals surface area contributed by atoms with E-state index in [1.54, 1.807) is 42.6 Å². The lowest BCUT2D eigenvalue weighted by molar-refractivity contribution is 0.0954. The van der Waals surface area contributed by atoms with Crippen LogP contribution < -0.4 is 15.6 Å². The number of rotatable bonds is 6. The molecule has 0 unspecified atom stereocenters. The molecule has 2 amide bonds. The van der Waals surface area contributed by atoms with Crippen LogP contribution in [0.15, 0.2) is 76.4 Å². The molecule has 142 valence electrons. The summed E-state index contributed by atoms with van der Waals surface area (Å²) in [5.41, 5.74) is 5.43. The Bertz CT molecular complexity index is 960. The molecule has 1 heterocycles. The van der Waals surface area contributed by atoms with Crippen molar-refractivity contribution in [3.8, 4) is 0 Å². The molecule has 2 N–H and O–H groups in total. The summed E-state index contributed by atoms with van der Waals surface area (Å²) in [6.07, 6.45) is 3.01. The van der Waals surface area contributed by atoms with Crippen LogP contribution in [0.25, 0.3) is 0 Å². The summed E-state index contributed by atoms with van der Waals surface area (Å²) in [4.78, 5) is 26.1. The summed E-state index contributed by atoms with van der Waals surface area (Å²) >= 11 is 0. The van der Waals surface area contributed by atoms with Crippen molar-refractivity contribution in [2.75, 3.05) is 24.3 Å². The number of amides is 2. The highest BCUT2D eigenvalue weighted by Crippen LogP contribution is 2.12. The van der Waals surface area contributed by atoms with Gasteiger partial charge in [-0.05, 0) is 54.1 Å². The molecule has 0 aliphatic heterocycles. The van der Waals surface area contributed by atoms with Crippen molar-refractivity contribution in [1.82, 2.24) is 5.43 Å². The van der Waals surface area contributed by atoms with Crippen LogP contribution >= 0.6 is 0 Å². The molecule has 0 atom stereocenters. The van der Waals surface area contributed by atoms with Gasteiger partial charge in [-0.2, -0.15) is 5.10 Å². The Morgan fingerprint density at radius 2 is 1.68 bits per heavy atom. The van der Waals surface area contributed by atoms with Gasteiger partial charge in [0.1, 0.15) is 0 Å². The fourth-order valence-electron chi connectivity index (χ4n) is 2.39. The Hall–Kier alpha value is -3.87. The molecule has 0 saturated heterocycles. The molecule has 0 aliphatic rings. The minimum atomic E-state index is -0.355. The quantitative estimate of drug-likeness (QED) is 0.510. The van der Waals surface area contributed by atoms with Crippen molar-refractivity contribution < 1.29 is 14.0 Å². The zero-order chi connectivity index (χ0) is 19.9. The molecule has 0 bridgehead atoms. The first-order valence-electron chi connectivity index (χ1n) is 8.58. The van der Waals surface area contributed by atoms with Crippen molar-refractivity contribution in [3.05, 3.63) is 83.8 Å². The normalized spacial score (nSPS) is 10.6. The largest absolute Gasteiger partial charge is 0.459 e. The van der Waals surface area contributed by atoms with Crippen LogP contribution in [-0.2, 0) is 0 Å². The SMILES string of the molecule is CN(C)c1ccc(/C=N\NC(=O)c2ccc(NC(=O)c3ccco3)cc2)cc1. The second kappa shape index (κ2) is 8.68. The molecule has 28 heavy (non-hydrogen) atoms. The first kappa shape index (κ1) is 18.9. The average molecular weight is 376 g/mol. The standard InChI is InChI=1S/C21H20N4O3/c1-25(2)18-11-5-15(6-12-18)14-22-24-20(26)16-7-9-17(10-8-16)23-21(27)19-4-3-13-28-19/h3-14H,1-2H3,(H,23,27)(H,24,26)/b22-14-. The first-order chi connectivity index (χ1) is 13.5. The van der Waals surface area contributed by atoms with Gasteiger partial charge in [0.2, 0.25) is 0 Å². The Labute approximate surface area is 162 Å². The van der Waals surface area contributed by atoms with Gasteiger partial charge in [-0.15, -0.1) is 0 Å². The van der Waals surface area contributed by atoms with E-state index in [2.05, 4.69) is 15.8 Å². The molecule has 7 heteroatoms. The fraction of sp³-hybridized carbons (Fsp3) is 0.0952. The molecule has 0 aliphatic carbocycles. The van der Waals surface area contributed by atoms with E-state index >= 15 is 0 Å². The van der Waals surface area contributed by atoms with Crippen LogP contribution in [0.4, 0.5) is 11.4 Å². The van der Waals surface area contributed by atoms with E-state index in [0.29, 0.717) is 11.3 Å². The van der Waals surface area contributed by atoms with Crippen molar-refractivity contribution in [2.24, 2.45) is 5.10 Å². The number of nitrogens with one attached hydrogen (secondary N) is 2. The monoisotopic (exact) mass is 376 g/mol. The molecule has 7 nitrogen and oxygen atoms in total. The molecule has 0 radical (unpaired) electrons. The molecule has 1 aromatic heterocycles. The molecule has 0 spiro atoms. The van der Waals surface area contributed by atoms with Crippen LogP contribution in [0.3, 0.4) is 0 Å². The number of furan rings is 1. The molecular formula is C21H20N4O3. The van der Waals surface area contributed by atoms with Gasteiger partial charge in [0.05, 0.1) is 12.5 Å².